The molecule has 1 atom stereocenters. The van der Waals surface area contributed by atoms with E-state index in [1.54, 1.807) is 10.9 Å². The van der Waals surface area contributed by atoms with Gasteiger partial charge in [-0.2, -0.15) is 18.3 Å². The van der Waals surface area contributed by atoms with E-state index in [-0.39, 0.29) is 22.3 Å². The van der Waals surface area contributed by atoms with Gasteiger partial charge in [-0.3, -0.25) is 4.68 Å². The smallest absolute Gasteiger partial charge is 0.357 e. The fraction of sp³-hybridized carbons (Fsp3) is 0.412. The largest absolute Gasteiger partial charge is 0.418 e. The molecule has 1 heterocycles. The minimum absolute atomic E-state index is 0.0701. The molecular weight excluding hydrogens is 349 g/mol. The average Bonchev–Trinajstić information content (AvgIpc) is 2.98. The van der Waals surface area contributed by atoms with Gasteiger partial charge in [0.15, 0.2) is 5.11 Å². The molecule has 1 unspecified atom stereocenters. The van der Waals surface area contributed by atoms with Crippen LogP contribution in [0.5, 0.6) is 0 Å². The molecule has 2 rings (SSSR count). The summed E-state index contributed by atoms with van der Waals surface area (Å²) in [6.45, 7) is 6.63. The van der Waals surface area contributed by atoms with Gasteiger partial charge in [0.05, 0.1) is 23.8 Å². The van der Waals surface area contributed by atoms with Gasteiger partial charge in [-0.15, -0.1) is 0 Å². The van der Waals surface area contributed by atoms with Crippen LogP contribution in [-0.4, -0.2) is 20.9 Å². The van der Waals surface area contributed by atoms with Crippen molar-refractivity contribution in [3.05, 3.63) is 48.3 Å². The first kappa shape index (κ1) is 19.2. The molecule has 0 aliphatic rings. The lowest BCUT2D eigenvalue weighted by atomic mass is 9.87. The van der Waals surface area contributed by atoms with E-state index in [0.29, 0.717) is 6.54 Å². The Morgan fingerprint density at radius 2 is 1.88 bits per heavy atom. The Bertz CT molecular complexity index is 705. The Morgan fingerprint density at radius 1 is 1.20 bits per heavy atom. The van der Waals surface area contributed by atoms with Crippen molar-refractivity contribution in [2.24, 2.45) is 5.41 Å². The number of alkyl halides is 3. The number of rotatable bonds is 4. The van der Waals surface area contributed by atoms with Crippen molar-refractivity contribution < 1.29 is 13.2 Å². The first-order chi connectivity index (χ1) is 11.6. The SMILES string of the molecule is CC(C)(C)C(Cn1cccn1)NC(=S)Nc1ccccc1C(F)(F)F. The molecule has 0 radical (unpaired) electrons. The lowest BCUT2D eigenvalue weighted by Gasteiger charge is -2.32. The number of anilines is 1. The fourth-order valence-corrected chi connectivity index (χ4v) is 2.54. The third kappa shape index (κ3) is 5.45. The molecule has 0 aliphatic heterocycles. The van der Waals surface area contributed by atoms with Crippen LogP contribution in [-0.2, 0) is 12.7 Å². The number of hydrogen-bond acceptors (Lipinski definition) is 2. The Hall–Kier alpha value is -2.09. The highest BCUT2D eigenvalue weighted by Crippen LogP contribution is 2.34. The Balaban J connectivity index is 2.12. The van der Waals surface area contributed by atoms with E-state index in [2.05, 4.69) is 15.7 Å². The Labute approximate surface area is 150 Å². The predicted octanol–water partition coefficient (Wildman–Crippen LogP) is 4.30. The zero-order valence-electron chi connectivity index (χ0n) is 14.3. The quantitative estimate of drug-likeness (QED) is 0.788. The summed E-state index contributed by atoms with van der Waals surface area (Å²) in [7, 11) is 0. The number of thiocarbonyl (C=S) groups is 1. The van der Waals surface area contributed by atoms with Crippen molar-refractivity contribution in [3.63, 3.8) is 0 Å². The summed E-state index contributed by atoms with van der Waals surface area (Å²) < 4.78 is 41.0. The zero-order chi connectivity index (χ0) is 18.7. The Kier molecular flexibility index (Phi) is 5.72. The van der Waals surface area contributed by atoms with Crippen molar-refractivity contribution in [2.75, 3.05) is 5.32 Å². The van der Waals surface area contributed by atoms with Gasteiger partial charge in [0, 0.05) is 12.4 Å². The summed E-state index contributed by atoms with van der Waals surface area (Å²) >= 11 is 5.24. The molecular formula is C17H21F3N4S. The van der Waals surface area contributed by atoms with Gasteiger partial charge in [-0.1, -0.05) is 32.9 Å². The number of aromatic nitrogens is 2. The molecule has 0 fully saturated rings. The van der Waals surface area contributed by atoms with E-state index in [0.717, 1.165) is 6.07 Å². The number of para-hydroxylation sites is 1. The predicted molar refractivity (Wildman–Crippen MR) is 96.3 cm³/mol. The van der Waals surface area contributed by atoms with Crippen LogP contribution in [0.3, 0.4) is 0 Å². The van der Waals surface area contributed by atoms with Crippen molar-refractivity contribution in [1.82, 2.24) is 15.1 Å². The summed E-state index contributed by atoms with van der Waals surface area (Å²) in [6, 6.07) is 6.96. The number of nitrogens with zero attached hydrogens (tertiary/aromatic N) is 2. The summed E-state index contributed by atoms with van der Waals surface area (Å²) in [5, 5.41) is 10.1. The molecule has 0 saturated carbocycles. The van der Waals surface area contributed by atoms with Crippen molar-refractivity contribution in [2.45, 2.75) is 39.5 Å². The minimum Gasteiger partial charge on any atom is -0.357 e. The minimum atomic E-state index is -4.45. The maximum Gasteiger partial charge on any atom is 0.418 e. The number of halogens is 3. The van der Waals surface area contributed by atoms with Crippen LogP contribution < -0.4 is 10.6 Å². The van der Waals surface area contributed by atoms with Gasteiger partial charge >= 0.3 is 6.18 Å². The van der Waals surface area contributed by atoms with Crippen LogP contribution in [0.4, 0.5) is 18.9 Å². The van der Waals surface area contributed by atoms with Gasteiger partial charge in [0.25, 0.3) is 0 Å². The van der Waals surface area contributed by atoms with Gasteiger partial charge in [-0.05, 0) is 35.8 Å². The summed E-state index contributed by atoms with van der Waals surface area (Å²) in [5.74, 6) is 0. The summed E-state index contributed by atoms with van der Waals surface area (Å²) in [4.78, 5) is 0. The third-order valence-electron chi connectivity index (χ3n) is 3.76. The van der Waals surface area contributed by atoms with Gasteiger partial charge < -0.3 is 10.6 Å². The zero-order valence-corrected chi connectivity index (χ0v) is 15.1. The third-order valence-corrected chi connectivity index (χ3v) is 3.98. The molecule has 0 saturated heterocycles. The number of nitrogens with one attached hydrogen (secondary N) is 2. The molecule has 136 valence electrons. The number of hydrogen-bond donors (Lipinski definition) is 2. The highest BCUT2D eigenvalue weighted by Gasteiger charge is 2.33. The molecule has 1 aromatic heterocycles. The van der Waals surface area contributed by atoms with Crippen LogP contribution in [0, 0.1) is 5.41 Å². The molecule has 0 amide bonds. The van der Waals surface area contributed by atoms with Crippen LogP contribution in [0.25, 0.3) is 0 Å². The van der Waals surface area contributed by atoms with Gasteiger partial charge in [0.1, 0.15) is 0 Å². The van der Waals surface area contributed by atoms with E-state index in [1.807, 2.05) is 33.0 Å². The van der Waals surface area contributed by atoms with E-state index < -0.39 is 11.7 Å². The molecule has 2 N–H and O–H groups in total. The van der Waals surface area contributed by atoms with E-state index >= 15 is 0 Å². The monoisotopic (exact) mass is 370 g/mol. The molecule has 1 aromatic carbocycles. The second-order valence-electron chi connectivity index (χ2n) is 6.79. The summed E-state index contributed by atoms with van der Waals surface area (Å²) in [5.41, 5.74) is -1.00. The molecule has 0 bridgehead atoms. The molecule has 8 heteroatoms. The average molecular weight is 370 g/mol. The molecule has 2 aromatic rings. The maximum absolute atomic E-state index is 13.1. The molecule has 0 aliphatic carbocycles. The van der Waals surface area contributed by atoms with E-state index in [4.69, 9.17) is 12.2 Å². The van der Waals surface area contributed by atoms with Crippen molar-refractivity contribution in [1.29, 1.82) is 0 Å². The maximum atomic E-state index is 13.1. The van der Waals surface area contributed by atoms with Crippen LogP contribution in [0.2, 0.25) is 0 Å². The molecule has 4 nitrogen and oxygen atoms in total. The highest BCUT2D eigenvalue weighted by atomic mass is 32.1. The molecule has 25 heavy (non-hydrogen) atoms. The van der Waals surface area contributed by atoms with Crippen LogP contribution >= 0.6 is 12.2 Å². The topological polar surface area (TPSA) is 41.9 Å². The highest BCUT2D eigenvalue weighted by molar-refractivity contribution is 7.80. The number of benzene rings is 1. The van der Waals surface area contributed by atoms with Crippen molar-refractivity contribution >= 4 is 23.0 Å². The molecule has 0 spiro atoms. The second-order valence-corrected chi connectivity index (χ2v) is 7.20. The summed E-state index contributed by atoms with van der Waals surface area (Å²) in [6.07, 6.45) is -0.941. The van der Waals surface area contributed by atoms with Crippen LogP contribution in [0.15, 0.2) is 42.7 Å². The second kappa shape index (κ2) is 7.43. The lowest BCUT2D eigenvalue weighted by Crippen LogP contribution is -2.48. The van der Waals surface area contributed by atoms with Gasteiger partial charge in [0.2, 0.25) is 0 Å². The fourth-order valence-electron chi connectivity index (χ4n) is 2.29. The van der Waals surface area contributed by atoms with Crippen LogP contribution in [0.1, 0.15) is 26.3 Å². The Morgan fingerprint density at radius 3 is 2.44 bits per heavy atom. The normalized spacial score (nSPS) is 13.4. The van der Waals surface area contributed by atoms with E-state index in [9.17, 15) is 13.2 Å². The standard InChI is InChI=1S/C17H21F3N4S/c1-16(2,3)14(11-24-10-6-9-21-24)23-15(25)22-13-8-5-4-7-12(13)17(18,19)20/h4-10,14H,11H2,1-3H3,(H2,22,23,25). The van der Waals surface area contributed by atoms with Crippen molar-refractivity contribution in [3.8, 4) is 0 Å². The first-order valence-corrected chi connectivity index (χ1v) is 8.19. The van der Waals surface area contributed by atoms with Gasteiger partial charge in [-0.25, -0.2) is 0 Å². The first-order valence-electron chi connectivity index (χ1n) is 7.78. The van der Waals surface area contributed by atoms with E-state index in [1.165, 1.54) is 18.2 Å². The lowest BCUT2D eigenvalue weighted by molar-refractivity contribution is -0.136.